The van der Waals surface area contributed by atoms with Crippen LogP contribution in [-0.4, -0.2) is 49.9 Å². The van der Waals surface area contributed by atoms with Crippen LogP contribution in [0.4, 0.5) is 0 Å². The molecule has 0 bridgehead atoms. The number of rotatable bonds is 8. The lowest BCUT2D eigenvalue weighted by Crippen LogP contribution is -2.45. The molecule has 2 heterocycles. The number of piperidine rings is 1. The highest BCUT2D eigenvalue weighted by molar-refractivity contribution is 7.89. The van der Waals surface area contributed by atoms with Crippen LogP contribution in [0.15, 0.2) is 47.5 Å². The number of pyridine rings is 1. The van der Waals surface area contributed by atoms with Gasteiger partial charge in [-0.05, 0) is 68.4 Å². The van der Waals surface area contributed by atoms with Gasteiger partial charge >= 0.3 is 0 Å². The fraction of sp³-hybridized carbons (Fsp3) is 0.500. The molecule has 2 fully saturated rings. The molecule has 2 aliphatic rings. The number of carbonyl (C=O) groups excluding carboxylic acids is 1. The molecule has 33 heavy (non-hydrogen) atoms. The van der Waals surface area contributed by atoms with Gasteiger partial charge < -0.3 is 14.8 Å². The van der Waals surface area contributed by atoms with Crippen molar-refractivity contribution in [1.82, 2.24) is 14.6 Å². The SMILES string of the molecule is COc1ccc(S(=O)(=O)N2CCCC(C(=O)NCc3ccc(OC4CCCC4)nc3)C2)cc1. The maximum absolute atomic E-state index is 13.0. The number of nitrogens with one attached hydrogen (secondary N) is 1. The van der Waals surface area contributed by atoms with Crippen LogP contribution >= 0.6 is 0 Å². The Hall–Kier alpha value is -2.65. The Morgan fingerprint density at radius 2 is 1.85 bits per heavy atom. The number of ether oxygens (including phenoxy) is 2. The number of amides is 1. The van der Waals surface area contributed by atoms with Crippen molar-refractivity contribution >= 4 is 15.9 Å². The van der Waals surface area contributed by atoms with Crippen molar-refractivity contribution in [3.8, 4) is 11.6 Å². The van der Waals surface area contributed by atoms with Crippen LogP contribution in [0.2, 0.25) is 0 Å². The molecule has 1 amide bonds. The van der Waals surface area contributed by atoms with Crippen LogP contribution in [0, 0.1) is 5.92 Å². The second-order valence-corrected chi connectivity index (χ2v) is 10.6. The summed E-state index contributed by atoms with van der Waals surface area (Å²) in [5.41, 5.74) is 0.876. The second kappa shape index (κ2) is 10.5. The molecule has 8 nitrogen and oxygen atoms in total. The lowest BCUT2D eigenvalue weighted by Gasteiger charge is -2.31. The number of carbonyl (C=O) groups is 1. The van der Waals surface area contributed by atoms with Gasteiger partial charge in [0.1, 0.15) is 11.9 Å². The lowest BCUT2D eigenvalue weighted by molar-refractivity contribution is -0.126. The van der Waals surface area contributed by atoms with E-state index in [1.165, 1.54) is 36.4 Å². The highest BCUT2D eigenvalue weighted by Gasteiger charge is 2.33. The van der Waals surface area contributed by atoms with Crippen molar-refractivity contribution < 1.29 is 22.7 Å². The molecule has 178 valence electrons. The third-order valence-corrected chi connectivity index (χ3v) is 8.19. The predicted octanol–water partition coefficient (Wildman–Crippen LogP) is 3.13. The van der Waals surface area contributed by atoms with E-state index in [1.54, 1.807) is 18.3 Å². The van der Waals surface area contributed by atoms with Gasteiger partial charge in [0, 0.05) is 31.9 Å². The second-order valence-electron chi connectivity index (χ2n) is 8.62. The Kier molecular flexibility index (Phi) is 7.49. The minimum Gasteiger partial charge on any atom is -0.497 e. The molecule has 1 N–H and O–H groups in total. The van der Waals surface area contributed by atoms with Gasteiger partial charge in [-0.1, -0.05) is 6.07 Å². The van der Waals surface area contributed by atoms with Crippen LogP contribution in [0.25, 0.3) is 0 Å². The molecular weight excluding hydrogens is 442 g/mol. The van der Waals surface area contributed by atoms with Crippen LogP contribution in [0.3, 0.4) is 0 Å². The average molecular weight is 474 g/mol. The summed E-state index contributed by atoms with van der Waals surface area (Å²) in [5.74, 6) is 0.682. The molecule has 2 aromatic rings. The largest absolute Gasteiger partial charge is 0.497 e. The highest BCUT2D eigenvalue weighted by Crippen LogP contribution is 2.26. The molecule has 1 saturated heterocycles. The van der Waals surface area contributed by atoms with E-state index in [1.807, 2.05) is 12.1 Å². The Labute approximate surface area is 195 Å². The first-order valence-electron chi connectivity index (χ1n) is 11.5. The van der Waals surface area contributed by atoms with Crippen molar-refractivity contribution in [2.45, 2.75) is 56.1 Å². The molecular formula is C24H31N3O5S. The summed E-state index contributed by atoms with van der Waals surface area (Å²) in [5, 5.41) is 2.93. The maximum Gasteiger partial charge on any atom is 0.243 e. The number of aromatic nitrogens is 1. The molecule has 1 aromatic carbocycles. The summed E-state index contributed by atoms with van der Waals surface area (Å²) in [7, 11) is -2.13. The van der Waals surface area contributed by atoms with E-state index in [4.69, 9.17) is 9.47 Å². The number of methoxy groups -OCH3 is 1. The molecule has 1 aliphatic heterocycles. The number of benzene rings is 1. The summed E-state index contributed by atoms with van der Waals surface area (Å²) in [6, 6.07) is 10.1. The van der Waals surface area contributed by atoms with Gasteiger partial charge in [0.15, 0.2) is 0 Å². The minimum absolute atomic E-state index is 0.143. The standard InChI is InChI=1S/C24H31N3O5S/c1-31-20-9-11-22(12-10-20)33(29,30)27-14-4-5-19(17-27)24(28)26-16-18-8-13-23(25-15-18)32-21-6-2-3-7-21/h8-13,15,19,21H,2-7,14,16-17H2,1H3,(H,26,28). The summed E-state index contributed by atoms with van der Waals surface area (Å²) in [6.07, 6.45) is 7.83. The Bertz CT molecular complexity index is 1030. The van der Waals surface area contributed by atoms with Gasteiger partial charge in [-0.15, -0.1) is 0 Å². The van der Waals surface area contributed by atoms with E-state index in [9.17, 15) is 13.2 Å². The lowest BCUT2D eigenvalue weighted by atomic mass is 9.99. The third-order valence-electron chi connectivity index (χ3n) is 6.31. The summed E-state index contributed by atoms with van der Waals surface area (Å²) in [4.78, 5) is 17.3. The number of nitrogens with zero attached hydrogens (tertiary/aromatic N) is 2. The molecule has 4 rings (SSSR count). The molecule has 0 spiro atoms. The fourth-order valence-corrected chi connectivity index (χ4v) is 5.89. The number of hydrogen-bond acceptors (Lipinski definition) is 6. The van der Waals surface area contributed by atoms with Gasteiger partial charge in [-0.25, -0.2) is 13.4 Å². The zero-order chi connectivity index (χ0) is 23.3. The Morgan fingerprint density at radius 1 is 1.09 bits per heavy atom. The van der Waals surface area contributed by atoms with Crippen molar-refractivity contribution in [3.63, 3.8) is 0 Å². The van der Waals surface area contributed by atoms with Gasteiger partial charge in [0.2, 0.25) is 21.8 Å². The summed E-state index contributed by atoms with van der Waals surface area (Å²) >= 11 is 0. The first-order valence-corrected chi connectivity index (χ1v) is 12.9. The summed E-state index contributed by atoms with van der Waals surface area (Å²) < 4.78 is 38.4. The highest BCUT2D eigenvalue weighted by atomic mass is 32.2. The molecule has 9 heteroatoms. The van der Waals surface area contributed by atoms with E-state index >= 15 is 0 Å². The van der Waals surface area contributed by atoms with Gasteiger partial charge in [-0.3, -0.25) is 4.79 Å². The van der Waals surface area contributed by atoms with Gasteiger partial charge in [-0.2, -0.15) is 4.31 Å². The quantitative estimate of drug-likeness (QED) is 0.633. The first-order chi connectivity index (χ1) is 16.0. The van der Waals surface area contributed by atoms with E-state index < -0.39 is 10.0 Å². The molecule has 0 radical (unpaired) electrons. The topological polar surface area (TPSA) is 97.8 Å². The molecule has 1 atom stereocenters. The van der Waals surface area contributed by atoms with E-state index in [0.29, 0.717) is 37.6 Å². The molecule has 1 saturated carbocycles. The van der Waals surface area contributed by atoms with Crippen molar-refractivity contribution in [2.24, 2.45) is 5.92 Å². The fourth-order valence-electron chi connectivity index (χ4n) is 4.37. The minimum atomic E-state index is -3.66. The first kappa shape index (κ1) is 23.5. The van der Waals surface area contributed by atoms with Crippen molar-refractivity contribution in [3.05, 3.63) is 48.2 Å². The Morgan fingerprint density at radius 3 is 2.52 bits per heavy atom. The van der Waals surface area contributed by atoms with Crippen molar-refractivity contribution in [1.29, 1.82) is 0 Å². The van der Waals surface area contributed by atoms with Gasteiger partial charge in [0.05, 0.1) is 17.9 Å². The average Bonchev–Trinajstić information content (AvgIpc) is 3.36. The van der Waals surface area contributed by atoms with Crippen molar-refractivity contribution in [2.75, 3.05) is 20.2 Å². The van der Waals surface area contributed by atoms with E-state index in [0.717, 1.165) is 18.4 Å². The normalized spacial score (nSPS) is 19.8. The smallest absolute Gasteiger partial charge is 0.243 e. The van der Waals surface area contributed by atoms with Gasteiger partial charge in [0.25, 0.3) is 0 Å². The van der Waals surface area contributed by atoms with Crippen LogP contribution in [0.5, 0.6) is 11.6 Å². The van der Waals surface area contributed by atoms with Crippen LogP contribution < -0.4 is 14.8 Å². The van der Waals surface area contributed by atoms with E-state index in [-0.39, 0.29) is 29.4 Å². The van der Waals surface area contributed by atoms with Crippen LogP contribution in [0.1, 0.15) is 44.1 Å². The molecule has 1 unspecified atom stereocenters. The van der Waals surface area contributed by atoms with E-state index in [2.05, 4.69) is 10.3 Å². The predicted molar refractivity (Wildman–Crippen MR) is 123 cm³/mol. The Balaban J connectivity index is 1.31. The van der Waals surface area contributed by atoms with Crippen LogP contribution in [-0.2, 0) is 21.4 Å². The number of hydrogen-bond donors (Lipinski definition) is 1. The zero-order valence-electron chi connectivity index (χ0n) is 18.9. The maximum atomic E-state index is 13.0. The third kappa shape index (κ3) is 5.83. The molecule has 1 aromatic heterocycles. The number of sulfonamides is 1. The zero-order valence-corrected chi connectivity index (χ0v) is 19.7. The summed E-state index contributed by atoms with van der Waals surface area (Å²) in [6.45, 7) is 0.925. The molecule has 1 aliphatic carbocycles. The monoisotopic (exact) mass is 473 g/mol.